The third kappa shape index (κ3) is 2.70. The molecule has 1 fully saturated rings. The Balaban J connectivity index is 2.25. The molecular weight excluding hydrogens is 236 g/mol. The zero-order chi connectivity index (χ0) is 13.1. The van der Waals surface area contributed by atoms with Crippen LogP contribution in [0.4, 0.5) is 8.78 Å². The van der Waals surface area contributed by atoms with Gasteiger partial charge in [0.2, 0.25) is 0 Å². The van der Waals surface area contributed by atoms with E-state index < -0.39 is 11.6 Å². The second kappa shape index (κ2) is 5.76. The zero-order valence-electron chi connectivity index (χ0n) is 10.7. The highest BCUT2D eigenvalue weighted by Gasteiger charge is 2.32. The minimum absolute atomic E-state index is 0.0163. The quantitative estimate of drug-likeness (QED) is 0.893. The third-order valence-electron chi connectivity index (χ3n) is 3.59. The topological polar surface area (TPSA) is 21.3 Å². The molecule has 1 saturated heterocycles. The van der Waals surface area contributed by atoms with Crippen LogP contribution in [-0.2, 0) is 4.74 Å². The summed E-state index contributed by atoms with van der Waals surface area (Å²) in [5.41, 5.74) is 0.790. The van der Waals surface area contributed by atoms with Crippen molar-refractivity contribution in [3.8, 4) is 0 Å². The van der Waals surface area contributed by atoms with Crippen LogP contribution >= 0.6 is 0 Å². The van der Waals surface area contributed by atoms with Gasteiger partial charge >= 0.3 is 0 Å². The van der Waals surface area contributed by atoms with Crippen molar-refractivity contribution in [3.05, 3.63) is 35.4 Å². The van der Waals surface area contributed by atoms with Gasteiger partial charge in [0.05, 0.1) is 6.10 Å². The van der Waals surface area contributed by atoms with E-state index in [-0.39, 0.29) is 12.1 Å². The van der Waals surface area contributed by atoms with Gasteiger partial charge in [-0.2, -0.15) is 0 Å². The first-order chi connectivity index (χ1) is 8.63. The Kier molecular flexibility index (Phi) is 4.30. The zero-order valence-corrected chi connectivity index (χ0v) is 10.7. The van der Waals surface area contributed by atoms with Crippen LogP contribution in [0.3, 0.4) is 0 Å². The lowest BCUT2D eigenvalue weighted by Gasteiger charge is -2.27. The molecule has 0 spiro atoms. The van der Waals surface area contributed by atoms with Crippen LogP contribution in [-0.4, -0.2) is 19.3 Å². The van der Waals surface area contributed by atoms with Gasteiger partial charge in [-0.3, -0.25) is 0 Å². The molecule has 18 heavy (non-hydrogen) atoms. The molecule has 0 radical (unpaired) electrons. The van der Waals surface area contributed by atoms with Crippen molar-refractivity contribution in [1.29, 1.82) is 0 Å². The molecule has 2 nitrogen and oxygen atoms in total. The van der Waals surface area contributed by atoms with Crippen LogP contribution in [0.15, 0.2) is 18.2 Å². The van der Waals surface area contributed by atoms with Crippen LogP contribution in [0.5, 0.6) is 0 Å². The van der Waals surface area contributed by atoms with Crippen molar-refractivity contribution in [2.45, 2.75) is 32.4 Å². The van der Waals surface area contributed by atoms with Crippen LogP contribution in [0.1, 0.15) is 31.9 Å². The fourth-order valence-corrected chi connectivity index (χ4v) is 2.63. The second-order valence-electron chi connectivity index (χ2n) is 4.74. The summed E-state index contributed by atoms with van der Waals surface area (Å²) in [7, 11) is 0. The summed E-state index contributed by atoms with van der Waals surface area (Å²) in [5.74, 6) is -1.29. The van der Waals surface area contributed by atoms with Crippen molar-refractivity contribution >= 4 is 0 Å². The summed E-state index contributed by atoms with van der Waals surface area (Å²) < 4.78 is 31.9. The molecule has 0 saturated carbocycles. The molecule has 0 amide bonds. The minimum Gasteiger partial charge on any atom is -0.378 e. The molecule has 0 aromatic heterocycles. The maximum Gasteiger partial charge on any atom is 0.159 e. The number of hydrogen-bond acceptors (Lipinski definition) is 2. The number of nitrogens with one attached hydrogen (secondary N) is 1. The van der Waals surface area contributed by atoms with E-state index >= 15 is 0 Å². The standard InChI is InChI=1S/C14H19F2NO/c1-3-17-14(11-6-7-18-9(11)2)10-4-5-12(15)13(16)8-10/h4-5,8-9,11,14,17H,3,6-7H2,1-2H3. The molecule has 1 N–H and O–H groups in total. The van der Waals surface area contributed by atoms with Gasteiger partial charge in [0.1, 0.15) is 0 Å². The molecule has 2 rings (SSSR count). The number of hydrogen-bond donors (Lipinski definition) is 1. The predicted molar refractivity (Wildman–Crippen MR) is 66.3 cm³/mol. The normalized spacial score (nSPS) is 25.3. The Morgan fingerprint density at radius 1 is 1.39 bits per heavy atom. The average molecular weight is 255 g/mol. The number of ether oxygens (including phenoxy) is 1. The van der Waals surface area contributed by atoms with E-state index in [9.17, 15) is 8.78 Å². The molecule has 3 atom stereocenters. The summed E-state index contributed by atoms with van der Waals surface area (Å²) in [6, 6.07) is 4.14. The molecule has 1 aromatic rings. The van der Waals surface area contributed by atoms with Crippen molar-refractivity contribution in [2.75, 3.05) is 13.2 Å². The first-order valence-electron chi connectivity index (χ1n) is 6.43. The largest absolute Gasteiger partial charge is 0.378 e. The van der Waals surface area contributed by atoms with Gasteiger partial charge < -0.3 is 10.1 Å². The van der Waals surface area contributed by atoms with Crippen molar-refractivity contribution in [1.82, 2.24) is 5.32 Å². The minimum atomic E-state index is -0.801. The van der Waals surface area contributed by atoms with Crippen molar-refractivity contribution in [3.63, 3.8) is 0 Å². The fraction of sp³-hybridized carbons (Fsp3) is 0.571. The van der Waals surface area contributed by atoms with Gasteiger partial charge in [0.25, 0.3) is 0 Å². The van der Waals surface area contributed by atoms with Gasteiger partial charge in [-0.1, -0.05) is 13.0 Å². The molecule has 3 unspecified atom stereocenters. The smallest absolute Gasteiger partial charge is 0.159 e. The highest BCUT2D eigenvalue weighted by molar-refractivity contribution is 5.22. The van der Waals surface area contributed by atoms with Crippen LogP contribution in [0.2, 0.25) is 0 Å². The first kappa shape index (κ1) is 13.4. The average Bonchev–Trinajstić information content (AvgIpc) is 2.76. The Labute approximate surface area is 106 Å². The van der Waals surface area contributed by atoms with Crippen molar-refractivity contribution < 1.29 is 13.5 Å². The van der Waals surface area contributed by atoms with E-state index in [2.05, 4.69) is 5.32 Å². The number of rotatable bonds is 4. The highest BCUT2D eigenvalue weighted by atomic mass is 19.2. The van der Waals surface area contributed by atoms with Crippen LogP contribution < -0.4 is 5.32 Å². The summed E-state index contributed by atoms with van der Waals surface area (Å²) in [4.78, 5) is 0. The number of halogens is 2. The second-order valence-corrected chi connectivity index (χ2v) is 4.74. The van der Waals surface area contributed by atoms with E-state index in [0.29, 0.717) is 5.92 Å². The van der Waals surface area contributed by atoms with Gasteiger partial charge in [-0.15, -0.1) is 0 Å². The third-order valence-corrected chi connectivity index (χ3v) is 3.59. The van der Waals surface area contributed by atoms with Gasteiger partial charge in [0.15, 0.2) is 11.6 Å². The lowest BCUT2D eigenvalue weighted by molar-refractivity contribution is 0.0955. The SMILES string of the molecule is CCNC(c1ccc(F)c(F)c1)C1CCOC1C. The molecule has 0 bridgehead atoms. The molecule has 1 aliphatic heterocycles. The molecule has 100 valence electrons. The first-order valence-corrected chi connectivity index (χ1v) is 6.43. The van der Waals surface area contributed by atoms with E-state index in [4.69, 9.17) is 4.74 Å². The Hall–Kier alpha value is -1.00. The monoisotopic (exact) mass is 255 g/mol. The lowest BCUT2D eigenvalue weighted by Crippen LogP contribution is -2.31. The molecule has 1 heterocycles. The Morgan fingerprint density at radius 2 is 2.17 bits per heavy atom. The number of benzene rings is 1. The lowest BCUT2D eigenvalue weighted by atomic mass is 9.88. The van der Waals surface area contributed by atoms with Gasteiger partial charge in [-0.05, 0) is 37.6 Å². The van der Waals surface area contributed by atoms with E-state index in [1.54, 1.807) is 6.07 Å². The van der Waals surface area contributed by atoms with Crippen molar-refractivity contribution in [2.24, 2.45) is 5.92 Å². The van der Waals surface area contributed by atoms with E-state index in [0.717, 1.165) is 25.1 Å². The summed E-state index contributed by atoms with van der Waals surface area (Å²) >= 11 is 0. The van der Waals surface area contributed by atoms with E-state index in [1.165, 1.54) is 12.1 Å². The molecule has 1 aromatic carbocycles. The summed E-state index contributed by atoms with van der Waals surface area (Å²) in [6.07, 6.45) is 1.08. The Bertz CT molecular complexity index is 411. The predicted octanol–water partition coefficient (Wildman–Crippen LogP) is 3.04. The fourth-order valence-electron chi connectivity index (χ4n) is 2.63. The van der Waals surface area contributed by atoms with Crippen LogP contribution in [0, 0.1) is 17.6 Å². The maximum absolute atomic E-state index is 13.3. The maximum atomic E-state index is 13.3. The summed E-state index contributed by atoms with van der Waals surface area (Å²) in [6.45, 7) is 5.56. The summed E-state index contributed by atoms with van der Waals surface area (Å²) in [5, 5.41) is 3.35. The molecular formula is C14H19F2NO. The van der Waals surface area contributed by atoms with E-state index in [1.807, 2.05) is 13.8 Å². The van der Waals surface area contributed by atoms with Gasteiger partial charge in [0, 0.05) is 18.6 Å². The molecule has 1 aliphatic rings. The molecule has 4 heteroatoms. The molecule has 0 aliphatic carbocycles. The Morgan fingerprint density at radius 3 is 2.72 bits per heavy atom. The van der Waals surface area contributed by atoms with Gasteiger partial charge in [-0.25, -0.2) is 8.78 Å². The van der Waals surface area contributed by atoms with Crippen LogP contribution in [0.25, 0.3) is 0 Å². The highest BCUT2D eigenvalue weighted by Crippen LogP contribution is 2.33.